The van der Waals surface area contributed by atoms with Gasteiger partial charge in [0.1, 0.15) is 0 Å². The van der Waals surface area contributed by atoms with Crippen LogP contribution in [0.3, 0.4) is 0 Å². The van der Waals surface area contributed by atoms with Crippen molar-refractivity contribution in [2.75, 3.05) is 6.79 Å². The lowest BCUT2D eigenvalue weighted by Gasteiger charge is -2.05. The van der Waals surface area contributed by atoms with E-state index in [0.29, 0.717) is 5.02 Å². The van der Waals surface area contributed by atoms with Gasteiger partial charge in [0.25, 0.3) is 5.91 Å². The van der Waals surface area contributed by atoms with Gasteiger partial charge in [-0.3, -0.25) is 4.79 Å². The molecule has 2 aromatic rings. The lowest BCUT2D eigenvalue weighted by Crippen LogP contribution is -2.18. The number of nitrogens with one attached hydrogen (secondary N) is 1. The Morgan fingerprint density at radius 3 is 2.52 bits per heavy atom. The Kier molecular flexibility index (Phi) is 6.40. The second-order valence-electron chi connectivity index (χ2n) is 5.32. The van der Waals surface area contributed by atoms with E-state index in [0.717, 1.165) is 17.1 Å². The van der Waals surface area contributed by atoms with Crippen LogP contribution >= 0.6 is 34.8 Å². The fraction of sp³-hybridized carbons (Fsp3) is 0.0526. The van der Waals surface area contributed by atoms with Gasteiger partial charge >= 0.3 is 0 Å². The molecular formula is C19H13Cl3N2O3. The number of allylic oxidation sites excluding steroid dienone is 3. The monoisotopic (exact) mass is 422 g/mol. The third kappa shape index (κ3) is 5.04. The molecule has 0 atom stereocenters. The number of hydrazone groups is 1. The van der Waals surface area contributed by atoms with Gasteiger partial charge in [0.15, 0.2) is 11.5 Å². The van der Waals surface area contributed by atoms with Gasteiger partial charge in [-0.1, -0.05) is 59.1 Å². The smallest absolute Gasteiger partial charge is 0.274 e. The van der Waals surface area contributed by atoms with Crippen LogP contribution in [-0.4, -0.2) is 18.9 Å². The normalized spacial score (nSPS) is 13.1. The molecule has 1 aliphatic heterocycles. The molecule has 1 amide bonds. The minimum Gasteiger partial charge on any atom is -0.454 e. The molecule has 0 radical (unpaired) electrons. The molecule has 1 N–H and O–H groups in total. The predicted molar refractivity (Wildman–Crippen MR) is 108 cm³/mol. The first kappa shape index (κ1) is 19.3. The van der Waals surface area contributed by atoms with Crippen LogP contribution in [0.15, 0.2) is 53.7 Å². The zero-order valence-corrected chi connectivity index (χ0v) is 16.1. The van der Waals surface area contributed by atoms with Gasteiger partial charge in [-0.15, -0.1) is 0 Å². The molecule has 0 fully saturated rings. The van der Waals surface area contributed by atoms with E-state index in [1.807, 2.05) is 30.4 Å². The maximum atomic E-state index is 12.1. The maximum absolute atomic E-state index is 12.1. The van der Waals surface area contributed by atoms with Crippen LogP contribution in [0.4, 0.5) is 0 Å². The number of carbonyl (C=O) groups excluding carboxylic acids is 1. The number of rotatable bonds is 5. The predicted octanol–water partition coefficient (Wildman–Crippen LogP) is 5.36. The molecule has 1 aliphatic rings. The molecule has 0 saturated heterocycles. The van der Waals surface area contributed by atoms with E-state index in [4.69, 9.17) is 44.3 Å². The molecule has 0 saturated carbocycles. The minimum absolute atomic E-state index is 0.117. The first-order valence-electron chi connectivity index (χ1n) is 7.75. The lowest BCUT2D eigenvalue weighted by atomic mass is 10.2. The van der Waals surface area contributed by atoms with Crippen molar-refractivity contribution in [3.8, 4) is 11.5 Å². The first-order chi connectivity index (χ1) is 13.0. The Morgan fingerprint density at radius 1 is 1.00 bits per heavy atom. The summed E-state index contributed by atoms with van der Waals surface area (Å²) < 4.78 is 10.6. The third-order valence-electron chi connectivity index (χ3n) is 3.47. The van der Waals surface area contributed by atoms with E-state index in [1.54, 1.807) is 12.2 Å². The third-order valence-corrected chi connectivity index (χ3v) is 4.28. The first-order valence-corrected chi connectivity index (χ1v) is 8.89. The van der Waals surface area contributed by atoms with Gasteiger partial charge in [-0.2, -0.15) is 5.10 Å². The van der Waals surface area contributed by atoms with Crippen LogP contribution in [0.5, 0.6) is 11.5 Å². The van der Waals surface area contributed by atoms with Crippen LogP contribution in [0, 0.1) is 0 Å². The van der Waals surface area contributed by atoms with E-state index < -0.39 is 5.91 Å². The largest absolute Gasteiger partial charge is 0.454 e. The molecule has 0 spiro atoms. The Hall–Kier alpha value is -2.47. The van der Waals surface area contributed by atoms with Gasteiger partial charge in [-0.05, 0) is 35.9 Å². The molecule has 5 nitrogen and oxygen atoms in total. The molecule has 8 heteroatoms. The van der Waals surface area contributed by atoms with Crippen LogP contribution in [0.25, 0.3) is 6.08 Å². The van der Waals surface area contributed by atoms with E-state index in [-0.39, 0.29) is 22.4 Å². The average molecular weight is 424 g/mol. The Morgan fingerprint density at radius 2 is 1.74 bits per heavy atom. The molecule has 0 unspecified atom stereocenters. The molecule has 0 bridgehead atoms. The van der Waals surface area contributed by atoms with E-state index in [9.17, 15) is 4.79 Å². The zero-order chi connectivity index (χ0) is 19.2. The number of benzene rings is 2. The molecule has 138 valence electrons. The van der Waals surface area contributed by atoms with Gasteiger partial charge in [0, 0.05) is 11.2 Å². The lowest BCUT2D eigenvalue weighted by molar-refractivity contribution is 0.0955. The van der Waals surface area contributed by atoms with Crippen molar-refractivity contribution in [1.29, 1.82) is 0 Å². The number of nitrogens with zero attached hydrogens (tertiary/aromatic N) is 1. The fourth-order valence-electron chi connectivity index (χ4n) is 2.25. The van der Waals surface area contributed by atoms with Crippen molar-refractivity contribution in [3.63, 3.8) is 0 Å². The summed E-state index contributed by atoms with van der Waals surface area (Å²) in [4.78, 5) is 12.1. The highest BCUT2D eigenvalue weighted by Crippen LogP contribution is 2.32. The standard InChI is InChI=1S/C19H13Cl3N2O3/c20-13-9-14(21)18(15(22)10-13)19(25)24-23-7-3-1-2-4-12-5-6-16-17(8-12)27-11-26-16/h1-10H,11H2,(H,24,25)/b3-1+,4-2+,23-7+. The second kappa shape index (κ2) is 8.95. The summed E-state index contributed by atoms with van der Waals surface area (Å²) in [5.74, 6) is 0.943. The van der Waals surface area contributed by atoms with E-state index in [2.05, 4.69) is 10.5 Å². The molecule has 2 aromatic carbocycles. The van der Waals surface area contributed by atoms with Gasteiger partial charge in [0.2, 0.25) is 6.79 Å². The summed E-state index contributed by atoms with van der Waals surface area (Å²) in [6.45, 7) is 0.247. The van der Waals surface area contributed by atoms with Crippen molar-refractivity contribution in [2.24, 2.45) is 5.10 Å². The quantitative estimate of drug-likeness (QED) is 0.400. The van der Waals surface area contributed by atoms with Gasteiger partial charge < -0.3 is 9.47 Å². The van der Waals surface area contributed by atoms with E-state index in [1.165, 1.54) is 18.3 Å². The molecule has 0 aliphatic carbocycles. The number of hydrogen-bond acceptors (Lipinski definition) is 4. The highest BCUT2D eigenvalue weighted by Gasteiger charge is 2.15. The minimum atomic E-state index is -0.526. The summed E-state index contributed by atoms with van der Waals surface area (Å²) in [5.41, 5.74) is 3.44. The van der Waals surface area contributed by atoms with Crippen molar-refractivity contribution in [2.45, 2.75) is 0 Å². The maximum Gasteiger partial charge on any atom is 0.274 e. The summed E-state index contributed by atoms with van der Waals surface area (Å²) in [6.07, 6.45) is 8.59. The summed E-state index contributed by atoms with van der Waals surface area (Å²) in [5, 5.41) is 4.47. The zero-order valence-electron chi connectivity index (χ0n) is 13.8. The van der Waals surface area contributed by atoms with Crippen LogP contribution in [0.1, 0.15) is 15.9 Å². The van der Waals surface area contributed by atoms with Gasteiger partial charge in [0.05, 0.1) is 15.6 Å². The summed E-state index contributed by atoms with van der Waals surface area (Å²) in [7, 11) is 0. The summed E-state index contributed by atoms with van der Waals surface area (Å²) in [6, 6.07) is 8.55. The average Bonchev–Trinajstić information content (AvgIpc) is 3.07. The molecule has 27 heavy (non-hydrogen) atoms. The van der Waals surface area contributed by atoms with Crippen molar-refractivity contribution < 1.29 is 14.3 Å². The Labute approximate surface area is 170 Å². The van der Waals surface area contributed by atoms with Crippen LogP contribution in [-0.2, 0) is 0 Å². The fourth-order valence-corrected chi connectivity index (χ4v) is 3.24. The topological polar surface area (TPSA) is 59.9 Å². The highest BCUT2D eigenvalue weighted by molar-refractivity contribution is 6.42. The van der Waals surface area contributed by atoms with Crippen LogP contribution in [0.2, 0.25) is 15.1 Å². The van der Waals surface area contributed by atoms with Crippen LogP contribution < -0.4 is 14.9 Å². The van der Waals surface area contributed by atoms with Crippen molar-refractivity contribution in [3.05, 3.63) is 74.8 Å². The van der Waals surface area contributed by atoms with E-state index >= 15 is 0 Å². The molecule has 1 heterocycles. The highest BCUT2D eigenvalue weighted by atomic mass is 35.5. The summed E-state index contributed by atoms with van der Waals surface area (Å²) >= 11 is 17.8. The molecule has 3 rings (SSSR count). The number of amides is 1. The van der Waals surface area contributed by atoms with Crippen molar-refractivity contribution >= 4 is 53.0 Å². The number of halogens is 3. The molecular weight excluding hydrogens is 411 g/mol. The van der Waals surface area contributed by atoms with Crippen molar-refractivity contribution in [1.82, 2.24) is 5.43 Å². The number of ether oxygens (including phenoxy) is 2. The van der Waals surface area contributed by atoms with Gasteiger partial charge in [-0.25, -0.2) is 5.43 Å². The Balaban J connectivity index is 1.53. The number of fused-ring (bicyclic) bond motifs is 1. The SMILES string of the molecule is O=C(N/N=C/C=C/C=C/c1ccc2c(c1)OCO2)c1c(Cl)cc(Cl)cc1Cl. The molecule has 0 aromatic heterocycles. The number of hydrogen-bond donors (Lipinski definition) is 1. The second-order valence-corrected chi connectivity index (χ2v) is 6.57. The number of carbonyl (C=O) groups is 1. The Bertz CT molecular complexity index is 932.